The van der Waals surface area contributed by atoms with Crippen molar-refractivity contribution in [2.24, 2.45) is 0 Å². The maximum atomic E-state index is 13.7. The first-order chi connectivity index (χ1) is 14.0. The molecule has 146 valence electrons. The third-order valence-corrected chi connectivity index (χ3v) is 4.98. The van der Waals surface area contributed by atoms with Crippen molar-refractivity contribution < 1.29 is 9.18 Å². The minimum Gasteiger partial charge on any atom is -0.342 e. The van der Waals surface area contributed by atoms with Crippen molar-refractivity contribution in [3.8, 4) is 0 Å². The second-order valence-electron chi connectivity index (χ2n) is 7.32. The monoisotopic (exact) mass is 387 g/mol. The Labute approximate surface area is 168 Å². The zero-order chi connectivity index (χ0) is 20.4. The van der Waals surface area contributed by atoms with E-state index in [0.717, 1.165) is 35.3 Å². The van der Waals surface area contributed by atoms with Gasteiger partial charge in [0.1, 0.15) is 11.6 Å². The van der Waals surface area contributed by atoms with E-state index in [9.17, 15) is 9.18 Å². The van der Waals surface area contributed by atoms with E-state index in [1.807, 2.05) is 30.3 Å². The number of fused-ring (bicyclic) bond motifs is 1. The van der Waals surface area contributed by atoms with E-state index in [2.05, 4.69) is 34.3 Å². The highest BCUT2D eigenvalue weighted by atomic mass is 19.1. The molecule has 0 aliphatic heterocycles. The highest BCUT2D eigenvalue weighted by molar-refractivity contribution is 6.04. The first-order valence-electron chi connectivity index (χ1n) is 9.59. The maximum Gasteiger partial charge on any atom is 0.255 e. The largest absolute Gasteiger partial charge is 0.342 e. The van der Waals surface area contributed by atoms with Gasteiger partial charge in [-0.2, -0.15) is 0 Å². The zero-order valence-electron chi connectivity index (χ0n) is 16.4. The molecule has 0 atom stereocenters. The number of aromatic amines is 1. The molecule has 0 bridgehead atoms. The van der Waals surface area contributed by atoms with Crippen LogP contribution in [0.2, 0.25) is 0 Å². The molecular weight excluding hydrogens is 365 g/mol. The maximum absolute atomic E-state index is 13.7. The SMILES string of the molecule is Cc1ccc2nc(CCc3ccc(NC(=O)c4ccc(C)c(F)c4)cc3)[nH]c2c1. The lowest BCUT2D eigenvalue weighted by Gasteiger charge is -2.07. The van der Waals surface area contributed by atoms with Gasteiger partial charge in [0.05, 0.1) is 11.0 Å². The fourth-order valence-electron chi connectivity index (χ4n) is 3.25. The Balaban J connectivity index is 1.38. The van der Waals surface area contributed by atoms with Crippen LogP contribution in [0.5, 0.6) is 0 Å². The molecule has 1 amide bonds. The highest BCUT2D eigenvalue weighted by Crippen LogP contribution is 2.17. The van der Waals surface area contributed by atoms with Gasteiger partial charge >= 0.3 is 0 Å². The molecule has 4 aromatic rings. The summed E-state index contributed by atoms with van der Waals surface area (Å²) >= 11 is 0. The van der Waals surface area contributed by atoms with Crippen LogP contribution in [0, 0.1) is 19.7 Å². The summed E-state index contributed by atoms with van der Waals surface area (Å²) in [7, 11) is 0. The van der Waals surface area contributed by atoms with Gasteiger partial charge in [-0.15, -0.1) is 0 Å². The molecule has 0 saturated heterocycles. The Morgan fingerprint density at radius 2 is 1.79 bits per heavy atom. The summed E-state index contributed by atoms with van der Waals surface area (Å²) in [5.41, 5.74) is 5.91. The average molecular weight is 387 g/mol. The van der Waals surface area contributed by atoms with Gasteiger partial charge in [0.15, 0.2) is 0 Å². The number of amides is 1. The first kappa shape index (κ1) is 18.9. The number of carbonyl (C=O) groups is 1. The lowest BCUT2D eigenvalue weighted by atomic mass is 10.1. The lowest BCUT2D eigenvalue weighted by molar-refractivity contribution is 0.102. The summed E-state index contributed by atoms with van der Waals surface area (Å²) in [6.07, 6.45) is 1.65. The van der Waals surface area contributed by atoms with Gasteiger partial charge in [-0.1, -0.05) is 24.3 Å². The third kappa shape index (κ3) is 4.35. The molecule has 4 rings (SSSR count). The number of anilines is 1. The molecule has 0 fully saturated rings. The quantitative estimate of drug-likeness (QED) is 0.485. The zero-order valence-corrected chi connectivity index (χ0v) is 16.4. The molecule has 0 aliphatic rings. The van der Waals surface area contributed by atoms with Crippen molar-refractivity contribution in [3.63, 3.8) is 0 Å². The highest BCUT2D eigenvalue weighted by Gasteiger charge is 2.09. The average Bonchev–Trinajstić information content (AvgIpc) is 3.11. The van der Waals surface area contributed by atoms with Crippen LogP contribution < -0.4 is 5.32 Å². The molecule has 0 unspecified atom stereocenters. The number of halogens is 1. The summed E-state index contributed by atoms with van der Waals surface area (Å²) in [6.45, 7) is 3.73. The van der Waals surface area contributed by atoms with E-state index >= 15 is 0 Å². The van der Waals surface area contributed by atoms with Gasteiger partial charge in [0.25, 0.3) is 5.91 Å². The molecule has 1 aromatic heterocycles. The van der Waals surface area contributed by atoms with Crippen LogP contribution in [0.25, 0.3) is 11.0 Å². The number of nitrogens with zero attached hydrogens (tertiary/aromatic N) is 1. The van der Waals surface area contributed by atoms with Crippen LogP contribution in [0.15, 0.2) is 60.7 Å². The Kier molecular flexibility index (Phi) is 5.12. The van der Waals surface area contributed by atoms with E-state index in [1.165, 1.54) is 11.6 Å². The van der Waals surface area contributed by atoms with Crippen molar-refractivity contribution in [2.45, 2.75) is 26.7 Å². The second-order valence-corrected chi connectivity index (χ2v) is 7.32. The standard InChI is InChI=1S/C24H22FN3O/c1-15-3-11-21-22(13-15)28-23(27-21)12-7-17-5-9-19(10-6-17)26-24(29)18-8-4-16(2)20(25)14-18/h3-6,8-11,13-14H,7,12H2,1-2H3,(H,26,29)(H,27,28). The number of aromatic nitrogens is 2. The number of imidazole rings is 1. The Bertz CT molecular complexity index is 1180. The predicted octanol–water partition coefficient (Wildman–Crippen LogP) is 5.36. The van der Waals surface area contributed by atoms with Gasteiger partial charge in [-0.3, -0.25) is 4.79 Å². The van der Waals surface area contributed by atoms with Gasteiger partial charge in [0, 0.05) is 17.7 Å². The van der Waals surface area contributed by atoms with E-state index in [1.54, 1.807) is 19.1 Å². The smallest absolute Gasteiger partial charge is 0.255 e. The molecule has 5 heteroatoms. The molecule has 4 nitrogen and oxygen atoms in total. The molecule has 1 heterocycles. The minimum atomic E-state index is -0.381. The second kappa shape index (κ2) is 7.87. The van der Waals surface area contributed by atoms with Gasteiger partial charge in [-0.25, -0.2) is 9.37 Å². The topological polar surface area (TPSA) is 57.8 Å². The molecule has 0 saturated carbocycles. The summed E-state index contributed by atoms with van der Waals surface area (Å²) in [5, 5.41) is 2.80. The van der Waals surface area contributed by atoms with Crippen LogP contribution in [0.4, 0.5) is 10.1 Å². The molecule has 0 spiro atoms. The predicted molar refractivity (Wildman–Crippen MR) is 114 cm³/mol. The summed E-state index contributed by atoms with van der Waals surface area (Å²) in [4.78, 5) is 20.3. The van der Waals surface area contributed by atoms with E-state index < -0.39 is 0 Å². The number of aryl methyl sites for hydroxylation is 4. The lowest BCUT2D eigenvalue weighted by Crippen LogP contribution is -2.12. The van der Waals surface area contributed by atoms with E-state index in [-0.39, 0.29) is 11.7 Å². The normalized spacial score (nSPS) is 11.0. The van der Waals surface area contributed by atoms with Crippen molar-refractivity contribution in [1.29, 1.82) is 0 Å². The van der Waals surface area contributed by atoms with Crippen molar-refractivity contribution in [2.75, 3.05) is 5.32 Å². The number of nitrogens with one attached hydrogen (secondary N) is 2. The van der Waals surface area contributed by atoms with Crippen LogP contribution >= 0.6 is 0 Å². The molecule has 2 N–H and O–H groups in total. The van der Waals surface area contributed by atoms with Crippen LogP contribution in [0.1, 0.15) is 32.9 Å². The summed E-state index contributed by atoms with van der Waals surface area (Å²) in [6, 6.07) is 18.4. The summed E-state index contributed by atoms with van der Waals surface area (Å²) < 4.78 is 13.7. The number of hydrogen-bond acceptors (Lipinski definition) is 2. The number of hydrogen-bond donors (Lipinski definition) is 2. The molecule has 0 radical (unpaired) electrons. The molecule has 0 aliphatic carbocycles. The van der Waals surface area contributed by atoms with Gasteiger partial charge < -0.3 is 10.3 Å². The fraction of sp³-hybridized carbons (Fsp3) is 0.167. The van der Waals surface area contributed by atoms with Crippen LogP contribution in [-0.4, -0.2) is 15.9 Å². The fourth-order valence-corrected chi connectivity index (χ4v) is 3.25. The van der Waals surface area contributed by atoms with Gasteiger partial charge in [-0.05, 0) is 73.4 Å². The third-order valence-electron chi connectivity index (χ3n) is 4.98. The van der Waals surface area contributed by atoms with Crippen LogP contribution in [0.3, 0.4) is 0 Å². The number of rotatable bonds is 5. The Morgan fingerprint density at radius 3 is 2.55 bits per heavy atom. The Hall–Kier alpha value is -3.47. The van der Waals surface area contributed by atoms with E-state index in [0.29, 0.717) is 16.8 Å². The van der Waals surface area contributed by atoms with Crippen LogP contribution in [-0.2, 0) is 12.8 Å². The minimum absolute atomic E-state index is 0.303. The van der Waals surface area contributed by atoms with Crippen molar-refractivity contribution in [1.82, 2.24) is 9.97 Å². The molecular formula is C24H22FN3O. The van der Waals surface area contributed by atoms with Crippen molar-refractivity contribution in [3.05, 3.63) is 94.6 Å². The first-order valence-corrected chi connectivity index (χ1v) is 9.59. The van der Waals surface area contributed by atoms with Gasteiger partial charge in [0.2, 0.25) is 0 Å². The molecule has 29 heavy (non-hydrogen) atoms. The number of benzene rings is 3. The van der Waals surface area contributed by atoms with E-state index in [4.69, 9.17) is 0 Å². The number of carbonyl (C=O) groups excluding carboxylic acids is 1. The Morgan fingerprint density at radius 1 is 1.00 bits per heavy atom. The number of H-pyrrole nitrogens is 1. The van der Waals surface area contributed by atoms with Crippen molar-refractivity contribution >= 4 is 22.6 Å². The summed E-state index contributed by atoms with van der Waals surface area (Å²) in [5.74, 6) is 0.257. The molecule has 3 aromatic carbocycles.